The molecule has 1 unspecified atom stereocenters. The minimum absolute atomic E-state index is 0.437. The summed E-state index contributed by atoms with van der Waals surface area (Å²) in [7, 11) is 0. The SMILES string of the molecule is C#CC(C1CC1)N1CCNCC1.O=C(O)C(F)(F)F. The van der Waals surface area contributed by atoms with E-state index < -0.39 is 12.1 Å². The van der Waals surface area contributed by atoms with Crippen LogP contribution in [0.1, 0.15) is 12.8 Å². The van der Waals surface area contributed by atoms with Gasteiger partial charge in [0.1, 0.15) is 0 Å². The zero-order chi connectivity index (χ0) is 14.5. The maximum atomic E-state index is 10.6. The predicted molar refractivity (Wildman–Crippen MR) is 63.5 cm³/mol. The lowest BCUT2D eigenvalue weighted by Crippen LogP contribution is -2.48. The van der Waals surface area contributed by atoms with Gasteiger partial charge < -0.3 is 10.4 Å². The van der Waals surface area contributed by atoms with E-state index in [2.05, 4.69) is 16.1 Å². The first-order valence-electron chi connectivity index (χ1n) is 6.07. The first kappa shape index (κ1) is 15.8. The number of halogens is 3. The summed E-state index contributed by atoms with van der Waals surface area (Å²) in [4.78, 5) is 11.3. The average Bonchev–Trinajstić information content (AvgIpc) is 3.15. The molecule has 1 aliphatic heterocycles. The number of alkyl halides is 3. The van der Waals surface area contributed by atoms with Gasteiger partial charge in [0.25, 0.3) is 0 Å². The molecular weight excluding hydrogens is 261 g/mol. The van der Waals surface area contributed by atoms with Crippen LogP contribution in [0.15, 0.2) is 0 Å². The fourth-order valence-corrected chi connectivity index (χ4v) is 1.91. The molecule has 0 aromatic rings. The van der Waals surface area contributed by atoms with Crippen molar-refractivity contribution in [3.05, 3.63) is 0 Å². The van der Waals surface area contributed by atoms with E-state index in [0.29, 0.717) is 6.04 Å². The van der Waals surface area contributed by atoms with Crippen molar-refractivity contribution in [3.63, 3.8) is 0 Å². The van der Waals surface area contributed by atoms with E-state index in [1.165, 1.54) is 12.8 Å². The van der Waals surface area contributed by atoms with Gasteiger partial charge in [-0.25, -0.2) is 4.79 Å². The van der Waals surface area contributed by atoms with Crippen LogP contribution in [0.3, 0.4) is 0 Å². The standard InChI is InChI=1S/C10H16N2.C2HF3O2/c1-2-10(9-3-4-9)12-7-5-11-6-8-12;3-2(4,5)1(6)7/h1,9-11H,3-8H2;(H,6,7). The molecule has 0 radical (unpaired) electrons. The van der Waals surface area contributed by atoms with Gasteiger partial charge >= 0.3 is 12.1 Å². The molecule has 1 saturated heterocycles. The van der Waals surface area contributed by atoms with Gasteiger partial charge in [0.15, 0.2) is 0 Å². The topological polar surface area (TPSA) is 52.6 Å². The van der Waals surface area contributed by atoms with Gasteiger partial charge in [-0.3, -0.25) is 4.90 Å². The normalized spacial score (nSPS) is 21.8. The van der Waals surface area contributed by atoms with E-state index in [-0.39, 0.29) is 0 Å². The number of hydrogen-bond acceptors (Lipinski definition) is 3. The zero-order valence-electron chi connectivity index (χ0n) is 10.4. The molecule has 7 heteroatoms. The highest BCUT2D eigenvalue weighted by atomic mass is 19.4. The molecule has 1 aliphatic carbocycles. The van der Waals surface area contributed by atoms with Crippen LogP contribution in [0.25, 0.3) is 0 Å². The van der Waals surface area contributed by atoms with Crippen molar-refractivity contribution in [1.29, 1.82) is 0 Å². The lowest BCUT2D eigenvalue weighted by Gasteiger charge is -2.32. The number of carboxylic acids is 1. The van der Waals surface area contributed by atoms with Crippen molar-refractivity contribution < 1.29 is 23.1 Å². The van der Waals surface area contributed by atoms with Crippen molar-refractivity contribution in [2.45, 2.75) is 25.1 Å². The van der Waals surface area contributed by atoms with Crippen LogP contribution in [0, 0.1) is 18.3 Å². The van der Waals surface area contributed by atoms with Crippen LogP contribution in [-0.4, -0.2) is 54.4 Å². The summed E-state index contributed by atoms with van der Waals surface area (Å²) in [6.45, 7) is 4.46. The molecule has 2 rings (SSSR count). The summed E-state index contributed by atoms with van der Waals surface area (Å²) in [6, 6.07) is 0.437. The van der Waals surface area contributed by atoms with Crippen LogP contribution in [0.2, 0.25) is 0 Å². The molecule has 0 aromatic carbocycles. The van der Waals surface area contributed by atoms with Gasteiger partial charge in [-0.2, -0.15) is 13.2 Å². The van der Waals surface area contributed by atoms with Gasteiger partial charge in [-0.1, -0.05) is 5.92 Å². The van der Waals surface area contributed by atoms with E-state index in [9.17, 15) is 13.2 Å². The van der Waals surface area contributed by atoms with Gasteiger partial charge in [0.2, 0.25) is 0 Å². The number of nitrogens with zero attached hydrogens (tertiary/aromatic N) is 1. The summed E-state index contributed by atoms with van der Waals surface area (Å²) in [5.41, 5.74) is 0. The molecular formula is C12H17F3N2O2. The molecule has 108 valence electrons. The third kappa shape index (κ3) is 5.49. The number of terminal acetylenes is 1. The number of carboxylic acid groups (broad SMARTS) is 1. The predicted octanol–water partition coefficient (Wildman–Crippen LogP) is 0.937. The Morgan fingerprint density at radius 1 is 1.37 bits per heavy atom. The number of piperazine rings is 1. The summed E-state index contributed by atoms with van der Waals surface area (Å²) >= 11 is 0. The molecule has 2 aliphatic rings. The number of rotatable bonds is 2. The Bertz CT molecular complexity index is 342. The molecule has 0 spiro atoms. The molecule has 1 heterocycles. The molecule has 1 saturated carbocycles. The van der Waals surface area contributed by atoms with Gasteiger partial charge in [0, 0.05) is 26.2 Å². The first-order valence-corrected chi connectivity index (χ1v) is 6.07. The largest absolute Gasteiger partial charge is 0.490 e. The third-order valence-corrected chi connectivity index (χ3v) is 3.03. The van der Waals surface area contributed by atoms with Gasteiger partial charge in [0.05, 0.1) is 6.04 Å². The number of nitrogens with one attached hydrogen (secondary N) is 1. The van der Waals surface area contributed by atoms with Crippen LogP contribution in [0.5, 0.6) is 0 Å². The van der Waals surface area contributed by atoms with Crippen LogP contribution in [0.4, 0.5) is 13.2 Å². The second-order valence-electron chi connectivity index (χ2n) is 4.54. The highest BCUT2D eigenvalue weighted by molar-refractivity contribution is 5.73. The zero-order valence-corrected chi connectivity index (χ0v) is 10.4. The minimum Gasteiger partial charge on any atom is -0.475 e. The Hall–Kier alpha value is -1.26. The Kier molecular flexibility index (Phi) is 5.63. The Morgan fingerprint density at radius 3 is 2.16 bits per heavy atom. The fourth-order valence-electron chi connectivity index (χ4n) is 1.91. The number of hydrogen-bond donors (Lipinski definition) is 2. The van der Waals surface area contributed by atoms with Crippen LogP contribution < -0.4 is 5.32 Å². The van der Waals surface area contributed by atoms with Crippen molar-refractivity contribution in [3.8, 4) is 12.3 Å². The molecule has 1 atom stereocenters. The van der Waals surface area contributed by atoms with Crippen molar-refractivity contribution in [1.82, 2.24) is 10.2 Å². The summed E-state index contributed by atoms with van der Waals surface area (Å²) in [5, 5.41) is 10.5. The number of carbonyl (C=O) groups is 1. The van der Waals surface area contributed by atoms with Gasteiger partial charge in [-0.15, -0.1) is 6.42 Å². The Labute approximate surface area is 110 Å². The van der Waals surface area contributed by atoms with E-state index >= 15 is 0 Å². The lowest BCUT2D eigenvalue weighted by atomic mass is 10.1. The molecule has 0 aromatic heterocycles. The molecule has 4 nitrogen and oxygen atoms in total. The van der Waals surface area contributed by atoms with E-state index in [1.54, 1.807) is 0 Å². The smallest absolute Gasteiger partial charge is 0.475 e. The maximum absolute atomic E-state index is 10.6. The summed E-state index contributed by atoms with van der Waals surface area (Å²) in [5.74, 6) is 0.988. The minimum atomic E-state index is -5.08. The van der Waals surface area contributed by atoms with Crippen molar-refractivity contribution >= 4 is 5.97 Å². The highest BCUT2D eigenvalue weighted by Crippen LogP contribution is 2.35. The lowest BCUT2D eigenvalue weighted by molar-refractivity contribution is -0.192. The van der Waals surface area contributed by atoms with E-state index in [4.69, 9.17) is 16.3 Å². The first-order chi connectivity index (χ1) is 8.86. The molecule has 0 bridgehead atoms. The highest BCUT2D eigenvalue weighted by Gasteiger charge is 2.38. The van der Waals surface area contributed by atoms with Crippen LogP contribution >= 0.6 is 0 Å². The van der Waals surface area contributed by atoms with Crippen LogP contribution in [-0.2, 0) is 4.79 Å². The van der Waals surface area contributed by atoms with Crippen molar-refractivity contribution in [2.24, 2.45) is 5.92 Å². The molecule has 0 amide bonds. The Morgan fingerprint density at radius 2 is 1.84 bits per heavy atom. The van der Waals surface area contributed by atoms with E-state index in [0.717, 1.165) is 32.1 Å². The average molecular weight is 278 g/mol. The maximum Gasteiger partial charge on any atom is 0.490 e. The monoisotopic (exact) mass is 278 g/mol. The molecule has 2 N–H and O–H groups in total. The second kappa shape index (κ2) is 6.78. The second-order valence-corrected chi connectivity index (χ2v) is 4.54. The third-order valence-electron chi connectivity index (χ3n) is 3.03. The fraction of sp³-hybridized carbons (Fsp3) is 0.750. The van der Waals surface area contributed by atoms with E-state index in [1.807, 2.05) is 0 Å². The van der Waals surface area contributed by atoms with Crippen molar-refractivity contribution in [2.75, 3.05) is 26.2 Å². The molecule has 2 fully saturated rings. The summed E-state index contributed by atoms with van der Waals surface area (Å²) < 4.78 is 31.7. The molecule has 19 heavy (non-hydrogen) atoms. The Balaban J connectivity index is 0.000000224. The quantitative estimate of drug-likeness (QED) is 0.738. The van der Waals surface area contributed by atoms with Gasteiger partial charge in [-0.05, 0) is 18.8 Å². The summed E-state index contributed by atoms with van der Waals surface area (Å²) in [6.07, 6.45) is 3.14. The number of aliphatic carboxylic acids is 1.